The Kier molecular flexibility index (Phi) is 9.22. The Morgan fingerprint density at radius 1 is 0.912 bits per heavy atom. The predicted octanol–water partition coefficient (Wildman–Crippen LogP) is 5.72. The third-order valence-electron chi connectivity index (χ3n) is 5.35. The minimum Gasteiger partial charge on any atom is -0.484 e. The van der Waals surface area contributed by atoms with Gasteiger partial charge in [-0.15, -0.1) is 0 Å². The molecular formula is C26H25Cl3N2O3. The molecule has 0 unspecified atom stereocenters. The summed E-state index contributed by atoms with van der Waals surface area (Å²) in [6, 6.07) is 19.1. The molecule has 0 spiro atoms. The Hall–Kier alpha value is -2.73. The van der Waals surface area contributed by atoms with Crippen LogP contribution in [0, 0.1) is 6.92 Å². The number of nitrogens with one attached hydrogen (secondary N) is 1. The maximum absolute atomic E-state index is 13.4. The van der Waals surface area contributed by atoms with Crippen LogP contribution in [0.15, 0.2) is 66.7 Å². The van der Waals surface area contributed by atoms with E-state index >= 15 is 0 Å². The van der Waals surface area contributed by atoms with E-state index in [4.69, 9.17) is 39.5 Å². The van der Waals surface area contributed by atoms with E-state index in [1.54, 1.807) is 43.4 Å². The van der Waals surface area contributed by atoms with Crippen molar-refractivity contribution in [3.05, 3.63) is 98.5 Å². The molecule has 0 saturated heterocycles. The predicted molar refractivity (Wildman–Crippen MR) is 137 cm³/mol. The molecule has 3 rings (SSSR count). The molecule has 0 aromatic heterocycles. The summed E-state index contributed by atoms with van der Waals surface area (Å²) in [6.07, 6.45) is 0.341. The molecule has 0 bridgehead atoms. The molecule has 178 valence electrons. The Balaban J connectivity index is 1.89. The first-order valence-corrected chi connectivity index (χ1v) is 11.8. The molecule has 3 aromatic rings. The second-order valence-electron chi connectivity index (χ2n) is 7.79. The zero-order valence-electron chi connectivity index (χ0n) is 18.9. The van der Waals surface area contributed by atoms with Crippen LogP contribution >= 0.6 is 34.8 Å². The maximum atomic E-state index is 13.4. The molecule has 0 saturated carbocycles. The highest BCUT2D eigenvalue weighted by Gasteiger charge is 2.30. The minimum atomic E-state index is -0.759. The first-order valence-electron chi connectivity index (χ1n) is 10.7. The molecule has 0 aliphatic rings. The lowest BCUT2D eigenvalue weighted by Gasteiger charge is -2.31. The lowest BCUT2D eigenvalue weighted by Crippen LogP contribution is -2.51. The van der Waals surface area contributed by atoms with Crippen LogP contribution in [-0.4, -0.2) is 36.4 Å². The van der Waals surface area contributed by atoms with Crippen molar-refractivity contribution in [2.45, 2.75) is 25.9 Å². The van der Waals surface area contributed by atoms with E-state index in [0.29, 0.717) is 27.2 Å². The molecule has 0 radical (unpaired) electrons. The van der Waals surface area contributed by atoms with Crippen molar-refractivity contribution in [1.82, 2.24) is 10.2 Å². The van der Waals surface area contributed by atoms with Crippen molar-refractivity contribution < 1.29 is 14.3 Å². The summed E-state index contributed by atoms with van der Waals surface area (Å²) in [7, 11) is 1.55. The molecule has 3 aromatic carbocycles. The Labute approximate surface area is 214 Å². The molecule has 2 amide bonds. The Morgan fingerprint density at radius 3 is 2.26 bits per heavy atom. The van der Waals surface area contributed by atoms with Crippen molar-refractivity contribution in [2.75, 3.05) is 13.7 Å². The van der Waals surface area contributed by atoms with Gasteiger partial charge in [-0.3, -0.25) is 9.59 Å². The fourth-order valence-corrected chi connectivity index (χ4v) is 3.93. The highest BCUT2D eigenvalue weighted by molar-refractivity contribution is 6.42. The molecule has 0 aliphatic carbocycles. The second-order valence-corrected chi connectivity index (χ2v) is 9.01. The molecule has 0 fully saturated rings. The monoisotopic (exact) mass is 518 g/mol. The van der Waals surface area contributed by atoms with Crippen LogP contribution in [-0.2, 0) is 22.6 Å². The molecule has 5 nitrogen and oxygen atoms in total. The quantitative estimate of drug-likeness (QED) is 0.393. The topological polar surface area (TPSA) is 58.6 Å². The van der Waals surface area contributed by atoms with Gasteiger partial charge in [-0.1, -0.05) is 71.2 Å². The standard InChI is InChI=1S/C26H25Cl3N2O3/c1-17-12-20(9-11-21(17)27)34-16-25(32)31(15-19-8-10-22(28)23(29)13-19)24(26(33)30-2)14-18-6-4-3-5-7-18/h3-13,24H,14-16H2,1-2H3,(H,30,33)/t24-/m1/s1. The molecule has 34 heavy (non-hydrogen) atoms. The normalized spacial score (nSPS) is 11.6. The zero-order valence-corrected chi connectivity index (χ0v) is 21.1. The number of aryl methyl sites for hydroxylation is 1. The number of likely N-dealkylation sites (N-methyl/N-ethyl adjacent to an activating group) is 1. The number of benzene rings is 3. The summed E-state index contributed by atoms with van der Waals surface area (Å²) in [6.45, 7) is 1.77. The molecule has 0 heterocycles. The highest BCUT2D eigenvalue weighted by atomic mass is 35.5. The van der Waals surface area contributed by atoms with E-state index in [9.17, 15) is 9.59 Å². The van der Waals surface area contributed by atoms with Crippen LogP contribution in [0.3, 0.4) is 0 Å². The third kappa shape index (κ3) is 6.89. The van der Waals surface area contributed by atoms with E-state index in [0.717, 1.165) is 16.7 Å². The number of hydrogen-bond donors (Lipinski definition) is 1. The van der Waals surface area contributed by atoms with E-state index in [2.05, 4.69) is 5.32 Å². The number of carbonyl (C=O) groups excluding carboxylic acids is 2. The lowest BCUT2D eigenvalue weighted by atomic mass is 10.0. The molecule has 1 atom stereocenters. The van der Waals surface area contributed by atoms with Crippen molar-refractivity contribution >= 4 is 46.6 Å². The summed E-state index contributed by atoms with van der Waals surface area (Å²) in [5, 5.41) is 4.08. The average Bonchev–Trinajstić information content (AvgIpc) is 2.84. The van der Waals surface area contributed by atoms with Crippen molar-refractivity contribution in [3.8, 4) is 5.75 Å². The van der Waals surface area contributed by atoms with Crippen LogP contribution in [0.4, 0.5) is 0 Å². The molecular weight excluding hydrogens is 495 g/mol. The number of halogens is 3. The van der Waals surface area contributed by atoms with Crippen LogP contribution in [0.5, 0.6) is 5.75 Å². The smallest absolute Gasteiger partial charge is 0.261 e. The number of rotatable bonds is 9. The van der Waals surface area contributed by atoms with Gasteiger partial charge in [0, 0.05) is 25.0 Å². The van der Waals surface area contributed by atoms with E-state index in [1.807, 2.05) is 37.3 Å². The van der Waals surface area contributed by atoms with Crippen LogP contribution in [0.25, 0.3) is 0 Å². The summed E-state index contributed by atoms with van der Waals surface area (Å²) in [5.41, 5.74) is 2.51. The fraction of sp³-hybridized carbons (Fsp3) is 0.231. The van der Waals surface area contributed by atoms with Crippen molar-refractivity contribution in [3.63, 3.8) is 0 Å². The molecule has 0 aliphatic heterocycles. The van der Waals surface area contributed by atoms with Crippen LogP contribution in [0.2, 0.25) is 15.1 Å². The van der Waals surface area contributed by atoms with E-state index in [-0.39, 0.29) is 25.0 Å². The van der Waals surface area contributed by atoms with Crippen LogP contribution in [0.1, 0.15) is 16.7 Å². The fourth-order valence-electron chi connectivity index (χ4n) is 3.49. The first kappa shape index (κ1) is 25.9. The number of amides is 2. The van der Waals surface area contributed by atoms with E-state index < -0.39 is 6.04 Å². The van der Waals surface area contributed by atoms with Gasteiger partial charge in [-0.05, 0) is 53.9 Å². The lowest BCUT2D eigenvalue weighted by molar-refractivity contribution is -0.142. The SMILES string of the molecule is CNC(=O)[C@@H](Cc1ccccc1)N(Cc1ccc(Cl)c(Cl)c1)C(=O)COc1ccc(Cl)c(C)c1. The van der Waals surface area contributed by atoms with Crippen LogP contribution < -0.4 is 10.1 Å². The maximum Gasteiger partial charge on any atom is 0.261 e. The van der Waals surface area contributed by atoms with Gasteiger partial charge in [0.15, 0.2) is 6.61 Å². The molecule has 8 heteroatoms. The summed E-state index contributed by atoms with van der Waals surface area (Å²) in [5.74, 6) is -0.105. The van der Waals surface area contributed by atoms with Gasteiger partial charge in [-0.2, -0.15) is 0 Å². The van der Waals surface area contributed by atoms with E-state index in [1.165, 1.54) is 4.90 Å². The Morgan fingerprint density at radius 2 is 1.62 bits per heavy atom. The zero-order chi connectivity index (χ0) is 24.7. The minimum absolute atomic E-state index is 0.156. The average molecular weight is 520 g/mol. The van der Waals surface area contributed by atoms with Gasteiger partial charge in [-0.25, -0.2) is 0 Å². The number of carbonyl (C=O) groups is 2. The van der Waals surface area contributed by atoms with Gasteiger partial charge in [0.1, 0.15) is 11.8 Å². The summed E-state index contributed by atoms with van der Waals surface area (Å²) >= 11 is 18.3. The van der Waals surface area contributed by atoms with Gasteiger partial charge < -0.3 is 15.0 Å². The highest BCUT2D eigenvalue weighted by Crippen LogP contribution is 2.25. The number of ether oxygens (including phenoxy) is 1. The van der Waals surface area contributed by atoms with Crippen molar-refractivity contribution in [1.29, 1.82) is 0 Å². The number of nitrogens with zero attached hydrogens (tertiary/aromatic N) is 1. The van der Waals surface area contributed by atoms with Gasteiger partial charge in [0.25, 0.3) is 5.91 Å². The Bertz CT molecular complexity index is 1160. The first-order chi connectivity index (χ1) is 16.3. The van der Waals surface area contributed by atoms with Crippen molar-refractivity contribution in [2.24, 2.45) is 0 Å². The van der Waals surface area contributed by atoms with Gasteiger partial charge in [0.05, 0.1) is 10.0 Å². The number of hydrogen-bond acceptors (Lipinski definition) is 3. The third-order valence-corrected chi connectivity index (χ3v) is 6.51. The summed E-state index contributed by atoms with van der Waals surface area (Å²) < 4.78 is 5.75. The largest absolute Gasteiger partial charge is 0.484 e. The van der Waals surface area contributed by atoms with Gasteiger partial charge >= 0.3 is 0 Å². The van der Waals surface area contributed by atoms with Gasteiger partial charge in [0.2, 0.25) is 5.91 Å². The molecule has 1 N–H and O–H groups in total. The second kappa shape index (κ2) is 12.1. The summed E-state index contributed by atoms with van der Waals surface area (Å²) in [4.78, 5) is 27.8.